The van der Waals surface area contributed by atoms with E-state index >= 15 is 0 Å². The van der Waals surface area contributed by atoms with Gasteiger partial charge in [0.25, 0.3) is 0 Å². The molecule has 0 atom stereocenters. The summed E-state index contributed by atoms with van der Waals surface area (Å²) in [6.45, 7) is 0.656. The second-order valence-corrected chi connectivity index (χ2v) is 8.24. The highest BCUT2D eigenvalue weighted by Crippen LogP contribution is 2.56. The molecule has 0 aliphatic heterocycles. The van der Waals surface area contributed by atoms with Crippen LogP contribution in [-0.2, 0) is 11.3 Å². The van der Waals surface area contributed by atoms with Crippen molar-refractivity contribution in [1.29, 1.82) is 0 Å². The summed E-state index contributed by atoms with van der Waals surface area (Å²) in [6, 6.07) is 8.43. The smallest absolute Gasteiger partial charge is 0.223 e. The predicted molar refractivity (Wildman–Crippen MR) is 93.2 cm³/mol. The molecule has 1 aromatic carbocycles. The zero-order valence-electron chi connectivity index (χ0n) is 14.3. The number of nitrogens with one attached hydrogen (secondary N) is 1. The Morgan fingerprint density at radius 1 is 1.09 bits per heavy atom. The lowest BCUT2D eigenvalue weighted by Crippen LogP contribution is -2.50. The van der Waals surface area contributed by atoms with Gasteiger partial charge in [0.2, 0.25) is 5.91 Å². The van der Waals surface area contributed by atoms with Gasteiger partial charge in [-0.05, 0) is 73.5 Å². The first-order chi connectivity index (χ1) is 11.1. The fraction of sp³-hybridized carbons (Fsp3) is 0.650. The van der Waals surface area contributed by atoms with Gasteiger partial charge >= 0.3 is 0 Å². The topological polar surface area (TPSA) is 32.3 Å². The van der Waals surface area contributed by atoms with Crippen LogP contribution < -0.4 is 10.2 Å². The van der Waals surface area contributed by atoms with Gasteiger partial charge in [0.05, 0.1) is 0 Å². The van der Waals surface area contributed by atoms with Crippen molar-refractivity contribution in [1.82, 2.24) is 5.32 Å². The molecule has 23 heavy (non-hydrogen) atoms. The minimum absolute atomic E-state index is 0.292. The number of hydrogen-bond acceptors (Lipinski definition) is 2. The van der Waals surface area contributed by atoms with Crippen LogP contribution in [0.2, 0.25) is 0 Å². The number of benzene rings is 1. The Balaban J connectivity index is 1.40. The molecule has 0 unspecified atom stereocenters. The van der Waals surface area contributed by atoms with E-state index in [1.165, 1.54) is 43.4 Å². The molecular formula is C20H28N2O. The van der Waals surface area contributed by atoms with E-state index in [-0.39, 0.29) is 0 Å². The molecule has 0 spiro atoms. The zero-order chi connectivity index (χ0) is 16.0. The summed E-state index contributed by atoms with van der Waals surface area (Å²) < 4.78 is 0. The molecule has 3 nitrogen and oxygen atoms in total. The number of nitrogens with zero attached hydrogens (tertiary/aromatic N) is 1. The molecule has 0 heterocycles. The van der Waals surface area contributed by atoms with E-state index in [0.29, 0.717) is 30.2 Å². The summed E-state index contributed by atoms with van der Waals surface area (Å²) >= 11 is 0. The molecule has 4 saturated carbocycles. The fourth-order valence-electron chi connectivity index (χ4n) is 5.60. The van der Waals surface area contributed by atoms with Crippen LogP contribution >= 0.6 is 0 Å². The van der Waals surface area contributed by atoms with Gasteiger partial charge in [0.1, 0.15) is 0 Å². The van der Waals surface area contributed by atoms with Crippen LogP contribution in [0.5, 0.6) is 0 Å². The molecular weight excluding hydrogens is 284 g/mol. The van der Waals surface area contributed by atoms with Crippen molar-refractivity contribution < 1.29 is 4.79 Å². The third kappa shape index (κ3) is 2.86. The average molecular weight is 312 g/mol. The Bertz CT molecular complexity index is 567. The quantitative estimate of drug-likeness (QED) is 0.923. The van der Waals surface area contributed by atoms with Gasteiger partial charge in [-0.3, -0.25) is 4.79 Å². The van der Waals surface area contributed by atoms with Crippen LogP contribution in [0.25, 0.3) is 0 Å². The molecule has 124 valence electrons. The van der Waals surface area contributed by atoms with Crippen molar-refractivity contribution in [3.63, 3.8) is 0 Å². The van der Waals surface area contributed by atoms with Crippen molar-refractivity contribution in [2.24, 2.45) is 29.6 Å². The van der Waals surface area contributed by atoms with Gasteiger partial charge in [-0.15, -0.1) is 0 Å². The number of carbonyl (C=O) groups is 1. The highest BCUT2D eigenvalue weighted by Gasteiger charge is 2.50. The largest absolute Gasteiger partial charge is 0.378 e. The highest BCUT2D eigenvalue weighted by molar-refractivity contribution is 5.79. The second-order valence-electron chi connectivity index (χ2n) is 8.24. The van der Waals surface area contributed by atoms with E-state index in [0.717, 1.165) is 11.8 Å². The molecule has 0 aromatic heterocycles. The van der Waals surface area contributed by atoms with Crippen LogP contribution in [0.4, 0.5) is 5.69 Å². The first-order valence-electron chi connectivity index (χ1n) is 9.14. The maximum Gasteiger partial charge on any atom is 0.223 e. The molecule has 4 fully saturated rings. The summed E-state index contributed by atoms with van der Waals surface area (Å²) in [7, 11) is 4.10. The summed E-state index contributed by atoms with van der Waals surface area (Å²) in [5, 5.41) is 3.24. The van der Waals surface area contributed by atoms with Gasteiger partial charge in [0, 0.05) is 32.2 Å². The van der Waals surface area contributed by atoms with Crippen LogP contribution in [0.1, 0.15) is 37.7 Å². The van der Waals surface area contributed by atoms with Crippen molar-refractivity contribution in [3.8, 4) is 0 Å². The minimum atomic E-state index is 0.292. The Hall–Kier alpha value is -1.51. The van der Waals surface area contributed by atoms with E-state index in [9.17, 15) is 4.79 Å². The monoisotopic (exact) mass is 312 g/mol. The lowest BCUT2D eigenvalue weighted by Gasteiger charge is -2.53. The third-order valence-corrected chi connectivity index (χ3v) is 6.42. The molecule has 1 N–H and O–H groups in total. The minimum Gasteiger partial charge on any atom is -0.378 e. The summed E-state index contributed by atoms with van der Waals surface area (Å²) in [4.78, 5) is 14.9. The van der Waals surface area contributed by atoms with Crippen molar-refractivity contribution >= 4 is 11.6 Å². The molecule has 4 aliphatic carbocycles. The van der Waals surface area contributed by atoms with Crippen LogP contribution in [0, 0.1) is 29.6 Å². The number of anilines is 1. The number of amides is 1. The van der Waals surface area contributed by atoms with Crippen molar-refractivity contribution in [2.45, 2.75) is 38.6 Å². The predicted octanol–water partition coefficient (Wildman–Crippen LogP) is 3.44. The van der Waals surface area contributed by atoms with Crippen molar-refractivity contribution in [3.05, 3.63) is 29.8 Å². The second kappa shape index (κ2) is 5.85. The summed E-state index contributed by atoms with van der Waals surface area (Å²) in [5.41, 5.74) is 2.37. The van der Waals surface area contributed by atoms with E-state index in [1.807, 2.05) is 14.1 Å². The van der Waals surface area contributed by atoms with Crippen LogP contribution in [0.3, 0.4) is 0 Å². The Labute approximate surface area is 139 Å². The van der Waals surface area contributed by atoms with Crippen molar-refractivity contribution in [2.75, 3.05) is 19.0 Å². The molecule has 4 aliphatic rings. The van der Waals surface area contributed by atoms with E-state index in [2.05, 4.69) is 34.5 Å². The Kier molecular flexibility index (Phi) is 3.82. The Morgan fingerprint density at radius 2 is 1.74 bits per heavy atom. The summed E-state index contributed by atoms with van der Waals surface area (Å²) in [5.74, 6) is 3.80. The van der Waals surface area contributed by atoms with E-state index < -0.39 is 0 Å². The fourth-order valence-corrected chi connectivity index (χ4v) is 5.60. The van der Waals surface area contributed by atoms with Gasteiger partial charge < -0.3 is 10.2 Å². The summed E-state index contributed by atoms with van der Waals surface area (Å²) in [6.07, 6.45) is 6.67. The van der Waals surface area contributed by atoms with E-state index in [4.69, 9.17) is 0 Å². The first kappa shape index (κ1) is 15.0. The zero-order valence-corrected chi connectivity index (χ0v) is 14.3. The molecule has 1 amide bonds. The normalized spacial score (nSPS) is 34.4. The lowest BCUT2D eigenvalue weighted by molar-refractivity contribution is -0.138. The molecule has 1 aromatic rings. The van der Waals surface area contributed by atoms with Gasteiger partial charge in [-0.25, -0.2) is 0 Å². The average Bonchev–Trinajstić information content (AvgIpc) is 2.52. The first-order valence-corrected chi connectivity index (χ1v) is 9.14. The number of hydrogen-bond donors (Lipinski definition) is 1. The molecule has 0 radical (unpaired) electrons. The number of rotatable bonds is 4. The lowest BCUT2D eigenvalue weighted by atomic mass is 9.51. The molecule has 0 saturated heterocycles. The van der Waals surface area contributed by atoms with Gasteiger partial charge in [-0.1, -0.05) is 12.1 Å². The third-order valence-electron chi connectivity index (χ3n) is 6.42. The van der Waals surface area contributed by atoms with Gasteiger partial charge in [-0.2, -0.15) is 0 Å². The molecule has 5 rings (SSSR count). The highest BCUT2D eigenvalue weighted by atomic mass is 16.1. The van der Waals surface area contributed by atoms with Gasteiger partial charge in [0.15, 0.2) is 0 Å². The maximum atomic E-state index is 12.8. The Morgan fingerprint density at radius 3 is 2.35 bits per heavy atom. The molecule has 4 bridgehead atoms. The number of carbonyl (C=O) groups excluding carboxylic acids is 1. The SMILES string of the molecule is CN(C)c1cccc(CNC(=O)C2C3CC4CC(C3)CC2C4)c1. The standard InChI is InChI=1S/C20H28N2O/c1-22(2)18-5-3-4-13(11-18)12-21-20(23)19-16-7-14-6-15(9-16)10-17(19)8-14/h3-5,11,14-17,19H,6-10,12H2,1-2H3,(H,21,23). The van der Waals surface area contributed by atoms with Crippen LogP contribution in [0.15, 0.2) is 24.3 Å². The molecule has 3 heteroatoms. The maximum absolute atomic E-state index is 12.8. The van der Waals surface area contributed by atoms with E-state index in [1.54, 1.807) is 0 Å². The van der Waals surface area contributed by atoms with Crippen LogP contribution in [-0.4, -0.2) is 20.0 Å².